The van der Waals surface area contributed by atoms with Gasteiger partial charge >= 0.3 is 0 Å². The van der Waals surface area contributed by atoms with Crippen LogP contribution in [0.1, 0.15) is 13.0 Å². The predicted molar refractivity (Wildman–Crippen MR) is 108 cm³/mol. The van der Waals surface area contributed by atoms with Crippen molar-refractivity contribution in [3.8, 4) is 0 Å². The molecule has 24 heavy (non-hydrogen) atoms. The molecule has 1 saturated heterocycles. The molecule has 0 spiro atoms. The molecule has 0 aromatic heterocycles. The van der Waals surface area contributed by atoms with Crippen molar-refractivity contribution in [2.75, 3.05) is 30.4 Å². The van der Waals surface area contributed by atoms with Crippen LogP contribution in [0.25, 0.3) is 34.7 Å². The molecule has 1 heterocycles. The van der Waals surface area contributed by atoms with Gasteiger partial charge in [-0.25, -0.2) is 0 Å². The van der Waals surface area contributed by atoms with Gasteiger partial charge in [0.05, 0.1) is 18.0 Å². The molecule has 1 aliphatic rings. The summed E-state index contributed by atoms with van der Waals surface area (Å²) >= 11 is 0. The zero-order valence-corrected chi connectivity index (χ0v) is 13.4. The smallest absolute Gasteiger partial charge is 0.0683 e. The Hall–Kier alpha value is -2.52. The second kappa shape index (κ2) is 5.84. The van der Waals surface area contributed by atoms with Crippen LogP contribution in [-0.4, -0.2) is 19.8 Å². The maximum atomic E-state index is 6.59. The number of rotatable bonds is 1. The summed E-state index contributed by atoms with van der Waals surface area (Å²) in [5.41, 5.74) is 9.71. The summed E-state index contributed by atoms with van der Waals surface area (Å²) in [5, 5.41) is 9.88. The molecule has 1 aliphatic heterocycles. The summed E-state index contributed by atoms with van der Waals surface area (Å²) < 4.78 is 0. The van der Waals surface area contributed by atoms with Gasteiger partial charge in [0.1, 0.15) is 0 Å². The Bertz CT molecular complexity index is 1030. The van der Waals surface area contributed by atoms with E-state index in [1.54, 1.807) is 0 Å². The van der Waals surface area contributed by atoms with Gasteiger partial charge in [-0.1, -0.05) is 44.8 Å². The molecule has 0 aliphatic carbocycles. The lowest BCUT2D eigenvalue weighted by Crippen LogP contribution is -2.24. The van der Waals surface area contributed by atoms with Crippen molar-refractivity contribution in [1.82, 2.24) is 5.32 Å². The van der Waals surface area contributed by atoms with Gasteiger partial charge in [0.2, 0.25) is 0 Å². The zero-order chi connectivity index (χ0) is 16.1. The Balaban J connectivity index is 0.00000169. The molecular weight excluding hydrogens is 294 g/mol. The Kier molecular flexibility index (Phi) is 3.98. The number of hydrogen-bond acceptors (Lipinski definition) is 3. The Morgan fingerprint density at radius 2 is 1.71 bits per heavy atom. The summed E-state index contributed by atoms with van der Waals surface area (Å²) in [6.07, 6.45) is 0. The van der Waals surface area contributed by atoms with Gasteiger partial charge in [-0.3, -0.25) is 5.32 Å². The minimum atomic E-state index is 0. The average Bonchev–Trinajstić information content (AvgIpc) is 3.08. The highest BCUT2D eigenvalue weighted by Gasteiger charge is 2.18. The molecule has 0 radical (unpaired) electrons. The molecule has 3 N–H and O–H groups in total. The highest BCUT2D eigenvalue weighted by Crippen LogP contribution is 2.32. The monoisotopic (exact) mass is 319 g/mol. The molecule has 0 amide bonds. The highest BCUT2D eigenvalue weighted by molar-refractivity contribution is 6.08. The molecule has 1 fully saturated rings. The van der Waals surface area contributed by atoms with Crippen LogP contribution in [0.5, 0.6) is 0 Å². The largest absolute Gasteiger partial charge is 0.397 e. The summed E-state index contributed by atoms with van der Waals surface area (Å²) in [7, 11) is 0. The summed E-state index contributed by atoms with van der Waals surface area (Å²) in [4.78, 5) is 2.29. The Morgan fingerprint density at radius 1 is 1.08 bits per heavy atom. The van der Waals surface area contributed by atoms with Gasteiger partial charge in [-0.2, -0.15) is 0 Å². The number of nitrogens with one attached hydrogen (secondary N) is 1. The Morgan fingerprint density at radius 3 is 2.29 bits per heavy atom. The molecule has 4 rings (SSSR count). The van der Waals surface area contributed by atoms with E-state index in [0.29, 0.717) is 0 Å². The van der Waals surface area contributed by atoms with E-state index in [2.05, 4.69) is 48.5 Å². The van der Waals surface area contributed by atoms with E-state index in [9.17, 15) is 0 Å². The highest BCUT2D eigenvalue weighted by atomic mass is 15.3. The van der Waals surface area contributed by atoms with Gasteiger partial charge in [0.15, 0.2) is 0 Å². The van der Waals surface area contributed by atoms with E-state index in [1.807, 2.05) is 12.1 Å². The van der Waals surface area contributed by atoms with Crippen molar-refractivity contribution >= 4 is 46.1 Å². The van der Waals surface area contributed by atoms with Crippen molar-refractivity contribution in [3.63, 3.8) is 0 Å². The number of nitrogens with two attached hydrogens (primary N) is 1. The first-order valence-electron chi connectivity index (χ1n) is 7.96. The molecule has 3 nitrogen and oxygen atoms in total. The Labute approximate surface area is 143 Å². The first-order chi connectivity index (χ1) is 11.1. The van der Waals surface area contributed by atoms with E-state index in [0.717, 1.165) is 63.1 Å². The zero-order valence-electron chi connectivity index (χ0n) is 13.4. The van der Waals surface area contributed by atoms with Crippen LogP contribution >= 0.6 is 0 Å². The number of hydrogen-bond donors (Lipinski definition) is 2. The van der Waals surface area contributed by atoms with Crippen LogP contribution in [0.4, 0.5) is 11.4 Å². The molecule has 0 atom stereocenters. The topological polar surface area (TPSA) is 41.3 Å². The minimum absolute atomic E-state index is 0. The van der Waals surface area contributed by atoms with Crippen molar-refractivity contribution < 1.29 is 0 Å². The molecular formula is C21H25N3. The lowest BCUT2D eigenvalue weighted by atomic mass is 9.94. The molecule has 3 heteroatoms. The van der Waals surface area contributed by atoms with Crippen molar-refractivity contribution in [2.45, 2.75) is 14.4 Å². The summed E-state index contributed by atoms with van der Waals surface area (Å²) in [5.74, 6) is 0. The quantitative estimate of drug-likeness (QED) is 0.535. The van der Waals surface area contributed by atoms with E-state index in [4.69, 9.17) is 5.73 Å². The third-order valence-corrected chi connectivity index (χ3v) is 4.93. The van der Waals surface area contributed by atoms with Gasteiger partial charge < -0.3 is 10.6 Å². The van der Waals surface area contributed by atoms with Crippen molar-refractivity contribution in [1.29, 1.82) is 0 Å². The fourth-order valence-electron chi connectivity index (χ4n) is 3.77. The van der Waals surface area contributed by atoms with Gasteiger partial charge in [0.25, 0.3) is 0 Å². The maximum absolute atomic E-state index is 6.59. The SMILES string of the molecule is C.C=c1c2ccccc2c(=C)c2c(N)c(N3CCNC3)cc(C)c12. The number of nitrogens with zero attached hydrogens (tertiary/aromatic N) is 1. The summed E-state index contributed by atoms with van der Waals surface area (Å²) in [6, 6.07) is 10.5. The average molecular weight is 319 g/mol. The summed E-state index contributed by atoms with van der Waals surface area (Å²) in [6.45, 7) is 13.6. The minimum Gasteiger partial charge on any atom is -0.397 e. The number of aryl methyl sites for hydroxylation is 1. The molecule has 0 bridgehead atoms. The first kappa shape index (κ1) is 16.3. The first-order valence-corrected chi connectivity index (χ1v) is 7.96. The van der Waals surface area contributed by atoms with Crippen LogP contribution in [-0.2, 0) is 0 Å². The van der Waals surface area contributed by atoms with Crippen LogP contribution in [0.15, 0.2) is 30.3 Å². The number of nitrogen functional groups attached to an aromatic ring is 1. The molecule has 3 aromatic rings. The fraction of sp³-hybridized carbons (Fsp3) is 0.238. The third-order valence-electron chi connectivity index (χ3n) is 4.93. The van der Waals surface area contributed by atoms with E-state index >= 15 is 0 Å². The lowest BCUT2D eigenvalue weighted by Gasteiger charge is -2.22. The van der Waals surface area contributed by atoms with Crippen LogP contribution < -0.4 is 26.4 Å². The van der Waals surface area contributed by atoms with Gasteiger partial charge in [-0.05, 0) is 45.1 Å². The number of benzene rings is 3. The van der Waals surface area contributed by atoms with E-state index < -0.39 is 0 Å². The normalized spacial score (nSPS) is 14.3. The third kappa shape index (κ3) is 2.16. The number of fused-ring (bicyclic) bond motifs is 2. The predicted octanol–water partition coefficient (Wildman–Crippen LogP) is 2.71. The second-order valence-corrected chi connectivity index (χ2v) is 6.30. The van der Waals surface area contributed by atoms with Gasteiger partial charge in [-0.15, -0.1) is 0 Å². The van der Waals surface area contributed by atoms with Gasteiger partial charge in [0, 0.05) is 18.5 Å². The van der Waals surface area contributed by atoms with E-state index in [1.165, 1.54) is 5.56 Å². The van der Waals surface area contributed by atoms with E-state index in [-0.39, 0.29) is 7.43 Å². The molecule has 124 valence electrons. The van der Waals surface area contributed by atoms with Crippen molar-refractivity contribution in [2.24, 2.45) is 0 Å². The lowest BCUT2D eigenvalue weighted by molar-refractivity contribution is 0.855. The van der Waals surface area contributed by atoms with Crippen LogP contribution in [0.2, 0.25) is 0 Å². The second-order valence-electron chi connectivity index (χ2n) is 6.30. The molecule has 3 aromatic carbocycles. The molecule has 0 unspecified atom stereocenters. The molecule has 0 saturated carbocycles. The maximum Gasteiger partial charge on any atom is 0.0683 e. The van der Waals surface area contributed by atoms with Crippen LogP contribution in [0.3, 0.4) is 0 Å². The van der Waals surface area contributed by atoms with Crippen molar-refractivity contribution in [3.05, 3.63) is 46.3 Å². The fourth-order valence-corrected chi connectivity index (χ4v) is 3.77. The standard InChI is InChI=1S/C20H21N3.CH4/c1-12-10-17(23-9-8-22-11-23)20(21)19-14(3)16-7-5-4-6-15(16)13(2)18(12)19;/h4-7,10,22H,2-3,8-9,11,21H2,1H3;1H4. The van der Waals surface area contributed by atoms with Crippen LogP contribution in [0, 0.1) is 6.92 Å². The number of anilines is 2.